The lowest BCUT2D eigenvalue weighted by Crippen LogP contribution is -2.26. The molecule has 0 amide bonds. The minimum Gasteiger partial charge on any atom is -0.310 e. The first kappa shape index (κ1) is 22.5. The highest BCUT2D eigenvalue weighted by atomic mass is 19.2. The summed E-state index contributed by atoms with van der Waals surface area (Å²) in [6.07, 6.45) is 8.09. The number of aryl methyl sites for hydroxylation is 1. The Morgan fingerprint density at radius 3 is 2.74 bits per heavy atom. The van der Waals surface area contributed by atoms with Gasteiger partial charge < -0.3 is 4.57 Å². The van der Waals surface area contributed by atoms with E-state index < -0.39 is 17.2 Å². The Morgan fingerprint density at radius 2 is 1.89 bits per heavy atom. The van der Waals surface area contributed by atoms with Crippen LogP contribution in [0.15, 0.2) is 78.0 Å². The molecule has 4 aromatic rings. The van der Waals surface area contributed by atoms with Crippen LogP contribution < -0.4 is 5.56 Å². The van der Waals surface area contributed by atoms with Crippen LogP contribution in [-0.4, -0.2) is 25.3 Å². The summed E-state index contributed by atoms with van der Waals surface area (Å²) >= 11 is 0. The van der Waals surface area contributed by atoms with Gasteiger partial charge in [-0.15, -0.1) is 0 Å². The average Bonchev–Trinajstić information content (AvgIpc) is 3.30. The number of halogens is 2. The van der Waals surface area contributed by atoms with Crippen molar-refractivity contribution in [2.45, 2.75) is 25.8 Å². The molecule has 0 bridgehead atoms. The Bertz CT molecular complexity index is 1530. The van der Waals surface area contributed by atoms with Gasteiger partial charge in [-0.05, 0) is 42.0 Å². The maximum atomic E-state index is 13.5. The molecule has 0 aliphatic heterocycles. The van der Waals surface area contributed by atoms with Crippen LogP contribution in [0.5, 0.6) is 0 Å². The standard InChI is InChI=1S/C27H20F2N4O2/c28-21-7-5-17(15-22(21)29)16-33-14-2-4-20(27(33)35)25(34)9-10-26-31-13-11-24(32-26)19-6-8-23-18(19)3-1-12-30-23/h1-7,11-15H,8-10,16H2. The number of hydrogen-bond donors (Lipinski definition) is 0. The number of fused-ring (bicyclic) bond motifs is 1. The molecule has 1 aliphatic carbocycles. The van der Waals surface area contributed by atoms with Crippen molar-refractivity contribution in [1.82, 2.24) is 19.5 Å². The van der Waals surface area contributed by atoms with Gasteiger partial charge in [-0.25, -0.2) is 18.7 Å². The number of rotatable bonds is 7. The first-order valence-electron chi connectivity index (χ1n) is 11.1. The van der Waals surface area contributed by atoms with Gasteiger partial charge in [-0.3, -0.25) is 14.6 Å². The number of Topliss-reactive ketones (excluding diaryl/α,β-unsaturated/α-hetero) is 1. The first-order valence-corrected chi connectivity index (χ1v) is 11.1. The summed E-state index contributed by atoms with van der Waals surface area (Å²) in [6.45, 7) is 0.0216. The zero-order valence-electron chi connectivity index (χ0n) is 18.6. The highest BCUT2D eigenvalue weighted by Gasteiger charge is 2.18. The number of hydrogen-bond acceptors (Lipinski definition) is 5. The summed E-state index contributed by atoms with van der Waals surface area (Å²) in [7, 11) is 0. The number of pyridine rings is 2. The van der Waals surface area contributed by atoms with Gasteiger partial charge >= 0.3 is 0 Å². The second kappa shape index (κ2) is 9.50. The first-order chi connectivity index (χ1) is 17.0. The predicted octanol–water partition coefficient (Wildman–Crippen LogP) is 4.16. The van der Waals surface area contributed by atoms with Crippen LogP contribution in [0.1, 0.15) is 45.1 Å². The van der Waals surface area contributed by atoms with E-state index in [1.165, 1.54) is 22.9 Å². The van der Waals surface area contributed by atoms with Gasteiger partial charge in [0.1, 0.15) is 5.82 Å². The molecule has 8 heteroatoms. The zero-order valence-corrected chi connectivity index (χ0v) is 18.6. The van der Waals surface area contributed by atoms with Crippen LogP contribution in [0.4, 0.5) is 8.78 Å². The van der Waals surface area contributed by atoms with Crippen molar-refractivity contribution in [2.24, 2.45) is 0 Å². The Kier molecular flexibility index (Phi) is 6.10. The van der Waals surface area contributed by atoms with E-state index in [9.17, 15) is 18.4 Å². The van der Waals surface area contributed by atoms with Gasteiger partial charge in [0.05, 0.1) is 23.5 Å². The zero-order chi connectivity index (χ0) is 24.4. The molecule has 35 heavy (non-hydrogen) atoms. The summed E-state index contributed by atoms with van der Waals surface area (Å²) in [5.74, 6) is -1.77. The molecule has 1 aromatic carbocycles. The lowest BCUT2D eigenvalue weighted by Gasteiger charge is -2.09. The molecule has 0 spiro atoms. The smallest absolute Gasteiger partial charge is 0.261 e. The van der Waals surface area contributed by atoms with Crippen LogP contribution in [-0.2, 0) is 19.4 Å². The van der Waals surface area contributed by atoms with Crippen LogP contribution in [0.25, 0.3) is 5.57 Å². The number of aromatic nitrogens is 4. The van der Waals surface area contributed by atoms with E-state index in [1.54, 1.807) is 18.5 Å². The van der Waals surface area contributed by atoms with E-state index in [0.29, 0.717) is 11.4 Å². The molecule has 0 atom stereocenters. The number of carbonyl (C=O) groups is 1. The maximum Gasteiger partial charge on any atom is 0.261 e. The number of carbonyl (C=O) groups excluding carboxylic acids is 1. The Labute approximate surface area is 199 Å². The lowest BCUT2D eigenvalue weighted by molar-refractivity contribution is 0.0980. The van der Waals surface area contributed by atoms with E-state index in [0.717, 1.165) is 41.1 Å². The third-order valence-corrected chi connectivity index (χ3v) is 5.89. The highest BCUT2D eigenvalue weighted by molar-refractivity contribution is 5.95. The molecule has 0 radical (unpaired) electrons. The van der Waals surface area contributed by atoms with Gasteiger partial charge in [-0.2, -0.15) is 0 Å². The van der Waals surface area contributed by atoms with E-state index in [2.05, 4.69) is 21.0 Å². The van der Waals surface area contributed by atoms with E-state index in [-0.39, 0.29) is 30.7 Å². The van der Waals surface area contributed by atoms with Crippen molar-refractivity contribution in [3.63, 3.8) is 0 Å². The third kappa shape index (κ3) is 4.68. The number of benzene rings is 1. The number of ketones is 1. The fraction of sp³-hybridized carbons (Fsp3) is 0.148. The predicted molar refractivity (Wildman–Crippen MR) is 126 cm³/mol. The third-order valence-electron chi connectivity index (χ3n) is 5.89. The molecule has 0 N–H and O–H groups in total. The fourth-order valence-corrected chi connectivity index (χ4v) is 4.13. The normalized spacial score (nSPS) is 12.3. The molecule has 5 rings (SSSR count). The van der Waals surface area contributed by atoms with Crippen LogP contribution >= 0.6 is 0 Å². The average molecular weight is 470 g/mol. The number of nitrogens with zero attached hydrogens (tertiary/aromatic N) is 4. The van der Waals surface area contributed by atoms with Gasteiger partial charge in [0.15, 0.2) is 17.4 Å². The fourth-order valence-electron chi connectivity index (χ4n) is 4.13. The van der Waals surface area contributed by atoms with Crippen molar-refractivity contribution in [3.8, 4) is 0 Å². The monoisotopic (exact) mass is 470 g/mol. The minimum absolute atomic E-state index is 0.0216. The summed E-state index contributed by atoms with van der Waals surface area (Å²) in [6, 6.07) is 12.2. The molecule has 0 fully saturated rings. The minimum atomic E-state index is -0.988. The topological polar surface area (TPSA) is 77.7 Å². The van der Waals surface area contributed by atoms with E-state index >= 15 is 0 Å². The van der Waals surface area contributed by atoms with E-state index in [4.69, 9.17) is 0 Å². The second-order valence-corrected chi connectivity index (χ2v) is 8.20. The number of allylic oxidation sites excluding steroid dienone is 1. The Hall–Kier alpha value is -4.33. The molecule has 0 saturated heterocycles. The Balaban J connectivity index is 1.30. The SMILES string of the molecule is O=C(CCc1nccc(C2=CCc3ncccc32)n1)c1cccn(Cc2ccc(F)c(F)c2)c1=O. The molecule has 0 unspecified atom stereocenters. The van der Waals surface area contributed by atoms with E-state index in [1.807, 2.05) is 18.2 Å². The van der Waals surface area contributed by atoms with Crippen LogP contribution in [0, 0.1) is 11.6 Å². The largest absolute Gasteiger partial charge is 0.310 e. The summed E-state index contributed by atoms with van der Waals surface area (Å²) in [5.41, 5.74) is 3.76. The molecular formula is C27H20F2N4O2. The Morgan fingerprint density at radius 1 is 1.00 bits per heavy atom. The maximum absolute atomic E-state index is 13.5. The quantitative estimate of drug-likeness (QED) is 0.379. The van der Waals surface area contributed by atoms with Crippen molar-refractivity contribution < 1.29 is 13.6 Å². The molecular weight excluding hydrogens is 450 g/mol. The summed E-state index contributed by atoms with van der Waals surface area (Å²) < 4.78 is 28.0. The van der Waals surface area contributed by atoms with Crippen LogP contribution in [0.3, 0.4) is 0 Å². The van der Waals surface area contributed by atoms with Crippen molar-refractivity contribution in [3.05, 3.63) is 129 Å². The van der Waals surface area contributed by atoms with Crippen molar-refractivity contribution >= 4 is 11.4 Å². The van der Waals surface area contributed by atoms with Crippen molar-refractivity contribution in [1.29, 1.82) is 0 Å². The molecule has 3 aromatic heterocycles. The molecule has 3 heterocycles. The second-order valence-electron chi connectivity index (χ2n) is 8.20. The molecule has 1 aliphatic rings. The van der Waals surface area contributed by atoms with Gasteiger partial charge in [0.25, 0.3) is 5.56 Å². The summed E-state index contributed by atoms with van der Waals surface area (Å²) in [5, 5.41) is 0. The van der Waals surface area contributed by atoms with Crippen LogP contribution in [0.2, 0.25) is 0 Å². The molecule has 174 valence electrons. The lowest BCUT2D eigenvalue weighted by atomic mass is 10.1. The van der Waals surface area contributed by atoms with Gasteiger partial charge in [0.2, 0.25) is 0 Å². The van der Waals surface area contributed by atoms with Gasteiger partial charge in [-0.1, -0.05) is 18.2 Å². The highest BCUT2D eigenvalue weighted by Crippen LogP contribution is 2.30. The molecule has 0 saturated carbocycles. The van der Waals surface area contributed by atoms with Crippen molar-refractivity contribution in [2.75, 3.05) is 0 Å². The summed E-state index contributed by atoms with van der Waals surface area (Å²) in [4.78, 5) is 39.0. The molecule has 6 nitrogen and oxygen atoms in total. The van der Waals surface area contributed by atoms with Gasteiger partial charge in [0, 0.05) is 49.0 Å².